The third kappa shape index (κ3) is 3.37. The minimum absolute atomic E-state index is 0.250. The second-order valence-corrected chi connectivity index (χ2v) is 3.04. The molecule has 0 saturated heterocycles. The largest absolute Gasteiger partial charge is 0.507 e. The van der Waals surface area contributed by atoms with Crippen molar-refractivity contribution in [1.82, 2.24) is 0 Å². The van der Waals surface area contributed by atoms with E-state index in [2.05, 4.69) is 4.74 Å². The molecule has 0 aliphatic heterocycles. The standard InChI is InChI=1S/C11H8F2O4/c1-17-11(16)10(15)5-9(14)6-2-7(12)4-8(13)3-6/h2-5,14H,1H3/b9-5-. The van der Waals surface area contributed by atoms with Gasteiger partial charge in [0, 0.05) is 17.7 Å². The molecule has 0 fully saturated rings. The van der Waals surface area contributed by atoms with Crippen LogP contribution in [0, 0.1) is 11.6 Å². The summed E-state index contributed by atoms with van der Waals surface area (Å²) in [4.78, 5) is 21.8. The van der Waals surface area contributed by atoms with Gasteiger partial charge in [-0.3, -0.25) is 4.79 Å². The highest BCUT2D eigenvalue weighted by Gasteiger charge is 2.13. The van der Waals surface area contributed by atoms with Gasteiger partial charge in [0.25, 0.3) is 5.78 Å². The summed E-state index contributed by atoms with van der Waals surface area (Å²) in [6, 6.07) is 2.25. The molecule has 0 radical (unpaired) electrons. The zero-order chi connectivity index (χ0) is 13.0. The van der Waals surface area contributed by atoms with Crippen molar-refractivity contribution >= 4 is 17.5 Å². The van der Waals surface area contributed by atoms with Crippen molar-refractivity contribution < 1.29 is 28.2 Å². The maximum Gasteiger partial charge on any atom is 0.378 e. The van der Waals surface area contributed by atoms with E-state index < -0.39 is 29.1 Å². The number of hydrogen-bond acceptors (Lipinski definition) is 4. The molecule has 1 N–H and O–H groups in total. The fourth-order valence-corrected chi connectivity index (χ4v) is 1.07. The highest BCUT2D eigenvalue weighted by Crippen LogP contribution is 2.15. The Morgan fingerprint density at radius 1 is 1.24 bits per heavy atom. The SMILES string of the molecule is COC(=O)C(=O)/C=C(\O)c1cc(F)cc(F)c1. The van der Waals surface area contributed by atoms with Gasteiger partial charge in [0.2, 0.25) is 0 Å². The van der Waals surface area contributed by atoms with E-state index in [0.717, 1.165) is 19.2 Å². The zero-order valence-corrected chi connectivity index (χ0v) is 8.74. The Kier molecular flexibility index (Phi) is 3.92. The second kappa shape index (κ2) is 5.20. The van der Waals surface area contributed by atoms with Crippen LogP contribution >= 0.6 is 0 Å². The first kappa shape index (κ1) is 12.8. The van der Waals surface area contributed by atoms with Crippen LogP contribution in [0.5, 0.6) is 0 Å². The molecule has 17 heavy (non-hydrogen) atoms. The smallest absolute Gasteiger partial charge is 0.378 e. The van der Waals surface area contributed by atoms with Crippen molar-refractivity contribution in [2.45, 2.75) is 0 Å². The molecule has 0 bridgehead atoms. The lowest BCUT2D eigenvalue weighted by molar-refractivity contribution is -0.149. The van der Waals surface area contributed by atoms with Gasteiger partial charge in [-0.15, -0.1) is 0 Å². The second-order valence-electron chi connectivity index (χ2n) is 3.04. The summed E-state index contributed by atoms with van der Waals surface area (Å²) in [5.74, 6) is -4.86. The number of carbonyl (C=O) groups excluding carboxylic acids is 2. The van der Waals surface area contributed by atoms with Gasteiger partial charge in [0.05, 0.1) is 7.11 Å². The predicted molar refractivity (Wildman–Crippen MR) is 54.0 cm³/mol. The van der Waals surface area contributed by atoms with E-state index in [-0.39, 0.29) is 5.56 Å². The molecule has 0 aliphatic carbocycles. The topological polar surface area (TPSA) is 63.6 Å². The van der Waals surface area contributed by atoms with Crippen LogP contribution in [-0.4, -0.2) is 24.0 Å². The molecule has 0 saturated carbocycles. The molecular formula is C11H8F2O4. The van der Waals surface area contributed by atoms with Crippen molar-refractivity contribution in [2.75, 3.05) is 7.11 Å². The first-order valence-corrected chi connectivity index (χ1v) is 4.43. The van der Waals surface area contributed by atoms with Crippen molar-refractivity contribution in [3.8, 4) is 0 Å². The fraction of sp³-hybridized carbons (Fsp3) is 0.0909. The maximum atomic E-state index is 12.8. The first-order valence-electron chi connectivity index (χ1n) is 4.43. The molecule has 1 aromatic rings. The molecule has 4 nitrogen and oxygen atoms in total. The van der Waals surface area contributed by atoms with Crippen LogP contribution in [0.25, 0.3) is 5.76 Å². The molecule has 90 valence electrons. The summed E-state index contributed by atoms with van der Waals surface area (Å²) in [6.45, 7) is 0. The van der Waals surface area contributed by atoms with E-state index >= 15 is 0 Å². The van der Waals surface area contributed by atoms with Gasteiger partial charge in [0.15, 0.2) is 0 Å². The van der Waals surface area contributed by atoms with Gasteiger partial charge < -0.3 is 9.84 Å². The lowest BCUT2D eigenvalue weighted by Crippen LogP contribution is -2.13. The van der Waals surface area contributed by atoms with Crippen LogP contribution in [0.15, 0.2) is 24.3 Å². The van der Waals surface area contributed by atoms with Crippen LogP contribution in [0.2, 0.25) is 0 Å². The Hall–Kier alpha value is -2.24. The van der Waals surface area contributed by atoms with Gasteiger partial charge >= 0.3 is 5.97 Å². The number of benzene rings is 1. The molecule has 0 heterocycles. The van der Waals surface area contributed by atoms with Gasteiger partial charge in [-0.05, 0) is 12.1 Å². The van der Waals surface area contributed by atoms with Gasteiger partial charge in [-0.25, -0.2) is 13.6 Å². The van der Waals surface area contributed by atoms with Crippen molar-refractivity contribution in [3.05, 3.63) is 41.5 Å². The van der Waals surface area contributed by atoms with E-state index in [0.29, 0.717) is 12.1 Å². The van der Waals surface area contributed by atoms with Gasteiger partial charge in [-0.2, -0.15) is 0 Å². The van der Waals surface area contributed by atoms with Crippen molar-refractivity contribution in [2.24, 2.45) is 0 Å². The van der Waals surface area contributed by atoms with Crippen LogP contribution in [0.3, 0.4) is 0 Å². The molecule has 0 spiro atoms. The van der Waals surface area contributed by atoms with Crippen LogP contribution in [0.4, 0.5) is 8.78 Å². The highest BCUT2D eigenvalue weighted by molar-refractivity contribution is 6.39. The number of esters is 1. The third-order valence-corrected chi connectivity index (χ3v) is 1.81. The molecule has 0 atom stereocenters. The first-order chi connectivity index (χ1) is 7.93. The summed E-state index contributed by atoms with van der Waals surface area (Å²) in [5, 5.41) is 9.38. The van der Waals surface area contributed by atoms with Crippen LogP contribution in [-0.2, 0) is 14.3 Å². The Morgan fingerprint density at radius 3 is 2.24 bits per heavy atom. The maximum absolute atomic E-state index is 12.8. The molecule has 0 amide bonds. The Labute approximate surface area is 95.1 Å². The average molecular weight is 242 g/mol. The number of aliphatic hydroxyl groups is 1. The minimum Gasteiger partial charge on any atom is -0.507 e. The number of carbonyl (C=O) groups is 2. The van der Waals surface area contributed by atoms with Crippen LogP contribution < -0.4 is 0 Å². The molecule has 0 aliphatic rings. The van der Waals surface area contributed by atoms with Crippen LogP contribution in [0.1, 0.15) is 5.56 Å². The number of halogens is 2. The highest BCUT2D eigenvalue weighted by atomic mass is 19.1. The molecule has 0 aromatic heterocycles. The molecule has 6 heteroatoms. The normalized spacial score (nSPS) is 11.1. The van der Waals surface area contributed by atoms with E-state index in [9.17, 15) is 23.5 Å². The summed E-state index contributed by atoms with van der Waals surface area (Å²) < 4.78 is 29.7. The Balaban J connectivity index is 3.03. The van der Waals surface area contributed by atoms with E-state index in [1.165, 1.54) is 0 Å². The Morgan fingerprint density at radius 2 is 1.76 bits per heavy atom. The molecule has 1 rings (SSSR count). The van der Waals surface area contributed by atoms with Crippen molar-refractivity contribution in [3.63, 3.8) is 0 Å². The lowest BCUT2D eigenvalue weighted by Gasteiger charge is -2.00. The predicted octanol–water partition coefficient (Wildman–Crippen LogP) is 1.61. The van der Waals surface area contributed by atoms with Gasteiger partial charge in [0.1, 0.15) is 17.4 Å². The fourth-order valence-electron chi connectivity index (χ4n) is 1.07. The summed E-state index contributed by atoms with van der Waals surface area (Å²) >= 11 is 0. The number of rotatable bonds is 3. The molecule has 1 aromatic carbocycles. The van der Waals surface area contributed by atoms with E-state index in [1.807, 2.05) is 0 Å². The number of aliphatic hydroxyl groups excluding tert-OH is 1. The summed E-state index contributed by atoms with van der Waals surface area (Å²) in [5.41, 5.74) is -0.250. The van der Waals surface area contributed by atoms with Gasteiger partial charge in [-0.1, -0.05) is 0 Å². The number of hydrogen-bond donors (Lipinski definition) is 1. The van der Waals surface area contributed by atoms with E-state index in [1.54, 1.807) is 0 Å². The number of ketones is 1. The average Bonchev–Trinajstić information content (AvgIpc) is 2.26. The Bertz CT molecular complexity index is 474. The van der Waals surface area contributed by atoms with Crippen molar-refractivity contribution in [1.29, 1.82) is 0 Å². The number of ether oxygens (including phenoxy) is 1. The minimum atomic E-state index is -1.19. The lowest BCUT2D eigenvalue weighted by atomic mass is 10.1. The molecular weight excluding hydrogens is 234 g/mol. The quantitative estimate of drug-likeness (QED) is 0.378. The molecule has 0 unspecified atom stereocenters. The third-order valence-electron chi connectivity index (χ3n) is 1.81. The summed E-state index contributed by atoms with van der Waals surface area (Å²) in [7, 11) is 0.993. The van der Waals surface area contributed by atoms with E-state index in [4.69, 9.17) is 0 Å². The number of methoxy groups -OCH3 is 1. The summed E-state index contributed by atoms with van der Waals surface area (Å²) in [6.07, 6.45) is 0.528. The monoisotopic (exact) mass is 242 g/mol. The zero-order valence-electron chi connectivity index (χ0n) is 8.74.